The summed E-state index contributed by atoms with van der Waals surface area (Å²) >= 11 is 1.40. The van der Waals surface area contributed by atoms with E-state index in [-0.39, 0.29) is 5.91 Å². The molecule has 6 heteroatoms. The Kier molecular flexibility index (Phi) is 3.83. The Labute approximate surface area is 159 Å². The van der Waals surface area contributed by atoms with Crippen LogP contribution in [0.2, 0.25) is 0 Å². The number of amides is 1. The number of pyridine rings is 1. The Hall–Kier alpha value is -3.25. The van der Waals surface area contributed by atoms with Crippen LogP contribution in [0.15, 0.2) is 66.3 Å². The molecule has 0 radical (unpaired) electrons. The summed E-state index contributed by atoms with van der Waals surface area (Å²) in [5.74, 6) is 0.635. The Bertz CT molecular complexity index is 1140. The van der Waals surface area contributed by atoms with Gasteiger partial charge in [-0.15, -0.1) is 11.3 Å². The third-order valence-electron chi connectivity index (χ3n) is 4.63. The van der Waals surface area contributed by atoms with Gasteiger partial charge in [0.25, 0.3) is 5.91 Å². The Morgan fingerprint density at radius 2 is 1.96 bits per heavy atom. The molecule has 1 aliphatic heterocycles. The van der Waals surface area contributed by atoms with Crippen molar-refractivity contribution in [2.75, 3.05) is 5.32 Å². The molecular weight excluding hydrogens is 358 g/mol. The van der Waals surface area contributed by atoms with Gasteiger partial charge in [-0.3, -0.25) is 15.1 Å². The maximum Gasteiger partial charge on any atom is 0.267 e. The predicted octanol–water partition coefficient (Wildman–Crippen LogP) is 4.30. The molecule has 27 heavy (non-hydrogen) atoms. The van der Waals surface area contributed by atoms with E-state index in [0.717, 1.165) is 33.3 Å². The topological polar surface area (TPSA) is 64.1 Å². The minimum atomic E-state index is -0.543. The summed E-state index contributed by atoms with van der Waals surface area (Å²) in [6, 6.07) is 15.9. The molecule has 0 saturated heterocycles. The van der Waals surface area contributed by atoms with Gasteiger partial charge in [0.2, 0.25) is 0 Å². The molecule has 4 aromatic rings. The summed E-state index contributed by atoms with van der Waals surface area (Å²) < 4.78 is 6.00. The summed E-state index contributed by atoms with van der Waals surface area (Å²) in [5.41, 5.74) is 2.85. The number of hydrogen-bond donors (Lipinski definition) is 1. The molecule has 2 aromatic heterocycles. The molecule has 3 heterocycles. The van der Waals surface area contributed by atoms with Crippen molar-refractivity contribution >= 4 is 33.1 Å². The van der Waals surface area contributed by atoms with Gasteiger partial charge in [0, 0.05) is 35.1 Å². The number of nitrogens with zero attached hydrogens (tertiary/aromatic N) is 2. The van der Waals surface area contributed by atoms with Gasteiger partial charge in [-0.2, -0.15) is 0 Å². The van der Waals surface area contributed by atoms with Crippen molar-refractivity contribution < 1.29 is 9.53 Å². The van der Waals surface area contributed by atoms with Gasteiger partial charge in [-0.25, -0.2) is 4.98 Å². The molecule has 5 nitrogen and oxygen atoms in total. The van der Waals surface area contributed by atoms with Crippen molar-refractivity contribution in [2.45, 2.75) is 12.5 Å². The standard InChI is InChI=1S/C21H15N3O2S/c25-20(24-21-23-17(12-27-21)14-7-9-22-10-8-14)18-11-15-6-5-13-3-1-2-4-16(13)19(15)26-18/h1-10,12,18H,11H2,(H,23,24,25). The van der Waals surface area contributed by atoms with E-state index in [0.29, 0.717) is 11.6 Å². The van der Waals surface area contributed by atoms with Crippen LogP contribution in [0.3, 0.4) is 0 Å². The smallest absolute Gasteiger partial charge is 0.267 e. The van der Waals surface area contributed by atoms with Crippen LogP contribution in [0.5, 0.6) is 5.75 Å². The number of rotatable bonds is 3. The molecule has 1 aliphatic rings. The minimum Gasteiger partial charge on any atom is -0.479 e. The van der Waals surface area contributed by atoms with Gasteiger partial charge in [0.1, 0.15) is 5.75 Å². The van der Waals surface area contributed by atoms with Crippen molar-refractivity contribution in [2.24, 2.45) is 0 Å². The van der Waals surface area contributed by atoms with Crippen LogP contribution < -0.4 is 10.1 Å². The van der Waals surface area contributed by atoms with Crippen LogP contribution in [-0.4, -0.2) is 22.0 Å². The molecule has 0 bridgehead atoms. The van der Waals surface area contributed by atoms with Gasteiger partial charge in [0.05, 0.1) is 5.69 Å². The second-order valence-electron chi connectivity index (χ2n) is 6.35. The van der Waals surface area contributed by atoms with Crippen molar-refractivity contribution in [1.29, 1.82) is 0 Å². The van der Waals surface area contributed by atoms with E-state index in [9.17, 15) is 4.79 Å². The first-order valence-electron chi connectivity index (χ1n) is 8.62. The van der Waals surface area contributed by atoms with Crippen molar-refractivity contribution in [1.82, 2.24) is 9.97 Å². The number of thiazole rings is 1. The molecule has 5 rings (SSSR count). The van der Waals surface area contributed by atoms with Gasteiger partial charge in [0.15, 0.2) is 11.2 Å². The Morgan fingerprint density at radius 3 is 2.85 bits per heavy atom. The zero-order valence-corrected chi connectivity index (χ0v) is 15.1. The van der Waals surface area contributed by atoms with E-state index in [2.05, 4.69) is 21.4 Å². The SMILES string of the molecule is O=C(Nc1nc(-c2ccncc2)cs1)C1Cc2ccc3ccccc3c2O1. The van der Waals surface area contributed by atoms with Crippen LogP contribution in [0, 0.1) is 0 Å². The summed E-state index contributed by atoms with van der Waals surface area (Å²) in [5, 5.41) is 7.52. The van der Waals surface area contributed by atoms with Crippen LogP contribution in [0.4, 0.5) is 5.13 Å². The van der Waals surface area contributed by atoms with E-state index >= 15 is 0 Å². The van der Waals surface area contributed by atoms with Crippen molar-refractivity contribution in [3.63, 3.8) is 0 Å². The monoisotopic (exact) mass is 373 g/mol. The largest absolute Gasteiger partial charge is 0.479 e. The highest BCUT2D eigenvalue weighted by atomic mass is 32.1. The number of nitrogens with one attached hydrogen (secondary N) is 1. The molecule has 2 aromatic carbocycles. The fraction of sp³-hybridized carbons (Fsp3) is 0.0952. The molecule has 0 aliphatic carbocycles. The first-order chi connectivity index (χ1) is 13.3. The molecule has 1 N–H and O–H groups in total. The van der Waals surface area contributed by atoms with Crippen molar-refractivity contribution in [3.05, 3.63) is 71.9 Å². The number of carbonyl (C=O) groups is 1. The normalized spacial score (nSPS) is 15.3. The lowest BCUT2D eigenvalue weighted by Crippen LogP contribution is -2.31. The zero-order chi connectivity index (χ0) is 18.2. The number of aromatic nitrogens is 2. The summed E-state index contributed by atoms with van der Waals surface area (Å²) in [6.45, 7) is 0. The highest BCUT2D eigenvalue weighted by molar-refractivity contribution is 7.14. The lowest BCUT2D eigenvalue weighted by atomic mass is 10.0. The quantitative estimate of drug-likeness (QED) is 0.581. The van der Waals surface area contributed by atoms with E-state index in [1.54, 1.807) is 12.4 Å². The molecule has 0 spiro atoms. The second kappa shape index (κ2) is 6.48. The van der Waals surface area contributed by atoms with Crippen LogP contribution >= 0.6 is 11.3 Å². The second-order valence-corrected chi connectivity index (χ2v) is 7.21. The molecule has 0 fully saturated rings. The molecular formula is C21H15N3O2S. The van der Waals surface area contributed by atoms with E-state index in [1.165, 1.54) is 11.3 Å². The Balaban J connectivity index is 1.34. The van der Waals surface area contributed by atoms with Gasteiger partial charge >= 0.3 is 0 Å². The first kappa shape index (κ1) is 16.0. The van der Waals surface area contributed by atoms with E-state index in [4.69, 9.17) is 4.74 Å². The number of ether oxygens (including phenoxy) is 1. The van der Waals surface area contributed by atoms with E-state index < -0.39 is 6.10 Å². The minimum absolute atomic E-state index is 0.175. The van der Waals surface area contributed by atoms with Gasteiger partial charge < -0.3 is 4.74 Å². The van der Waals surface area contributed by atoms with Crippen LogP contribution in [0.25, 0.3) is 22.0 Å². The zero-order valence-electron chi connectivity index (χ0n) is 14.3. The predicted molar refractivity (Wildman–Crippen MR) is 106 cm³/mol. The first-order valence-corrected chi connectivity index (χ1v) is 9.50. The highest BCUT2D eigenvalue weighted by Crippen LogP contribution is 2.36. The fourth-order valence-corrected chi connectivity index (χ4v) is 4.01. The molecule has 0 saturated carbocycles. The average Bonchev–Trinajstić information content (AvgIpc) is 3.36. The number of benzene rings is 2. The highest BCUT2D eigenvalue weighted by Gasteiger charge is 2.30. The molecule has 1 atom stereocenters. The van der Waals surface area contributed by atoms with Crippen LogP contribution in [-0.2, 0) is 11.2 Å². The average molecular weight is 373 g/mol. The summed E-state index contributed by atoms with van der Waals surface area (Å²) in [4.78, 5) is 21.2. The summed E-state index contributed by atoms with van der Waals surface area (Å²) in [7, 11) is 0. The summed E-state index contributed by atoms with van der Waals surface area (Å²) in [6.07, 6.45) is 3.47. The number of hydrogen-bond acceptors (Lipinski definition) is 5. The maximum atomic E-state index is 12.7. The molecule has 1 unspecified atom stereocenters. The van der Waals surface area contributed by atoms with E-state index in [1.807, 2.05) is 47.8 Å². The maximum absolute atomic E-state index is 12.7. The van der Waals surface area contributed by atoms with Crippen LogP contribution in [0.1, 0.15) is 5.56 Å². The lowest BCUT2D eigenvalue weighted by molar-refractivity contribution is -0.121. The lowest BCUT2D eigenvalue weighted by Gasteiger charge is -2.10. The third kappa shape index (κ3) is 2.94. The number of anilines is 1. The number of carbonyl (C=O) groups excluding carboxylic acids is 1. The fourth-order valence-electron chi connectivity index (χ4n) is 3.29. The third-order valence-corrected chi connectivity index (χ3v) is 5.39. The van der Waals surface area contributed by atoms with Gasteiger partial charge in [-0.05, 0) is 23.1 Å². The molecule has 132 valence electrons. The molecule has 1 amide bonds. The number of fused-ring (bicyclic) bond motifs is 3. The van der Waals surface area contributed by atoms with Crippen molar-refractivity contribution in [3.8, 4) is 17.0 Å². The Morgan fingerprint density at radius 1 is 1.11 bits per heavy atom. The van der Waals surface area contributed by atoms with Gasteiger partial charge in [-0.1, -0.05) is 36.4 Å².